The number of benzene rings is 3. The number of rotatable bonds is 6. The number of amides is 2. The Morgan fingerprint density at radius 2 is 1.69 bits per heavy atom. The lowest BCUT2D eigenvalue weighted by Crippen LogP contribution is -2.44. The van der Waals surface area contributed by atoms with Crippen molar-refractivity contribution in [3.63, 3.8) is 0 Å². The van der Waals surface area contributed by atoms with E-state index in [1.165, 1.54) is 25.3 Å². The Balaban J connectivity index is 1.70. The van der Waals surface area contributed by atoms with Crippen molar-refractivity contribution in [3.05, 3.63) is 94.5 Å². The van der Waals surface area contributed by atoms with Gasteiger partial charge < -0.3 is 14.8 Å². The minimum atomic E-state index is -4.87. The van der Waals surface area contributed by atoms with E-state index in [0.29, 0.717) is 5.56 Å². The average molecular weight is 572 g/mol. The molecule has 1 aliphatic heterocycles. The lowest BCUT2D eigenvalue weighted by atomic mass is 9.75. The predicted octanol–water partition coefficient (Wildman–Crippen LogP) is 7.09. The van der Waals surface area contributed by atoms with E-state index < -0.39 is 40.3 Å². The summed E-state index contributed by atoms with van der Waals surface area (Å²) >= 11 is 5.99. The van der Waals surface area contributed by atoms with Crippen LogP contribution in [0, 0.1) is 0 Å². The fraction of sp³-hybridized carbons (Fsp3) is 0.231. The number of nitrogens with one attached hydrogen (secondary N) is 1. The van der Waals surface area contributed by atoms with Crippen LogP contribution in [0.4, 0.5) is 36.8 Å². The number of methoxy groups -OCH3 is 1. The maximum atomic E-state index is 13.3. The first-order valence-electron chi connectivity index (χ1n) is 11.3. The fourth-order valence-corrected chi connectivity index (χ4v) is 4.57. The zero-order valence-electron chi connectivity index (χ0n) is 20.1. The second kappa shape index (κ2) is 10.8. The number of hydrogen-bond donors (Lipinski definition) is 1. The number of anilines is 1. The van der Waals surface area contributed by atoms with Crippen molar-refractivity contribution in [2.24, 2.45) is 5.10 Å². The minimum Gasteiger partial charge on any atom is -0.406 e. The molecule has 0 aromatic heterocycles. The summed E-state index contributed by atoms with van der Waals surface area (Å²) in [4.78, 5) is 13.2. The van der Waals surface area contributed by atoms with Crippen molar-refractivity contribution < 1.29 is 40.6 Å². The molecule has 4 rings (SSSR count). The third-order valence-corrected chi connectivity index (χ3v) is 6.25. The lowest BCUT2D eigenvalue weighted by molar-refractivity contribution is -0.274. The van der Waals surface area contributed by atoms with Gasteiger partial charge in [-0.05, 0) is 42.0 Å². The van der Waals surface area contributed by atoms with Gasteiger partial charge in [-0.15, -0.1) is 13.2 Å². The molecule has 3 aromatic carbocycles. The number of ether oxygens (including phenoxy) is 2. The van der Waals surface area contributed by atoms with Crippen LogP contribution in [-0.2, 0) is 16.3 Å². The smallest absolute Gasteiger partial charge is 0.406 e. The first-order chi connectivity index (χ1) is 18.3. The van der Waals surface area contributed by atoms with Crippen molar-refractivity contribution in [1.82, 2.24) is 5.01 Å². The summed E-state index contributed by atoms with van der Waals surface area (Å²) < 4.78 is 86.5. The number of hydrazone groups is 1. The van der Waals surface area contributed by atoms with Gasteiger partial charge >= 0.3 is 18.6 Å². The molecule has 1 unspecified atom stereocenters. The molecule has 2 amide bonds. The molecule has 1 N–H and O–H groups in total. The van der Waals surface area contributed by atoms with Crippen molar-refractivity contribution in [3.8, 4) is 5.75 Å². The molecule has 1 aliphatic rings. The molecule has 0 aliphatic carbocycles. The number of halogens is 7. The summed E-state index contributed by atoms with van der Waals surface area (Å²) in [5.41, 5.74) is -0.761. The van der Waals surface area contributed by atoms with Crippen molar-refractivity contribution in [1.29, 1.82) is 0 Å². The van der Waals surface area contributed by atoms with Crippen LogP contribution in [0.2, 0.25) is 5.02 Å². The van der Waals surface area contributed by atoms with Crippen LogP contribution in [0.5, 0.6) is 5.75 Å². The molecule has 6 nitrogen and oxygen atoms in total. The number of carbonyl (C=O) groups excluding carboxylic acids is 1. The van der Waals surface area contributed by atoms with Gasteiger partial charge in [-0.1, -0.05) is 48.0 Å². The number of nitrogens with zero attached hydrogens (tertiary/aromatic N) is 2. The summed E-state index contributed by atoms with van der Waals surface area (Å²) in [5, 5.41) is 7.53. The Kier molecular flexibility index (Phi) is 7.80. The molecule has 206 valence electrons. The van der Waals surface area contributed by atoms with E-state index in [1.54, 1.807) is 30.3 Å². The molecule has 0 saturated carbocycles. The average Bonchev–Trinajstić information content (AvgIpc) is 3.25. The second-order valence-electron chi connectivity index (χ2n) is 8.58. The summed E-state index contributed by atoms with van der Waals surface area (Å²) in [7, 11) is 1.44. The fourth-order valence-electron chi connectivity index (χ4n) is 4.28. The maximum absolute atomic E-state index is 13.3. The van der Waals surface area contributed by atoms with Crippen LogP contribution in [0.25, 0.3) is 0 Å². The van der Waals surface area contributed by atoms with Gasteiger partial charge in [0.05, 0.1) is 34.9 Å². The molecule has 0 saturated heterocycles. The number of carbonyl (C=O) groups is 1. The van der Waals surface area contributed by atoms with E-state index in [4.69, 9.17) is 16.3 Å². The van der Waals surface area contributed by atoms with Crippen LogP contribution in [0.15, 0.2) is 77.9 Å². The SMILES string of the molecule is COCC1(c2ccccc2)CN(C(=O)Nc2ccc(OC(F)(F)F)cc2)N=C1c1ccc(C(F)(F)F)c(Cl)c1. The van der Waals surface area contributed by atoms with Gasteiger partial charge in [0.2, 0.25) is 0 Å². The van der Waals surface area contributed by atoms with Crippen LogP contribution >= 0.6 is 11.6 Å². The van der Waals surface area contributed by atoms with Crippen molar-refractivity contribution >= 4 is 29.0 Å². The molecule has 13 heteroatoms. The Bertz CT molecular complexity index is 1360. The Morgan fingerprint density at radius 1 is 1.03 bits per heavy atom. The van der Waals surface area contributed by atoms with E-state index in [-0.39, 0.29) is 30.1 Å². The highest BCUT2D eigenvalue weighted by Crippen LogP contribution is 2.39. The standard InChI is InChI=1S/C26H20ClF6N3O3/c1-38-15-24(17-5-3-2-4-6-17)14-36(23(37)34-18-8-10-19(11-9-18)39-26(31,32)33)35-22(24)16-7-12-20(21(27)13-16)25(28,29)30/h2-13H,14-15H2,1H3,(H,34,37). The highest BCUT2D eigenvalue weighted by atomic mass is 35.5. The van der Waals surface area contributed by atoms with Gasteiger partial charge in [0, 0.05) is 18.4 Å². The Hall–Kier alpha value is -3.77. The predicted molar refractivity (Wildman–Crippen MR) is 132 cm³/mol. The molecular weight excluding hydrogens is 552 g/mol. The van der Waals surface area contributed by atoms with Crippen LogP contribution in [-0.4, -0.2) is 43.4 Å². The normalized spacial score (nSPS) is 17.6. The molecule has 1 heterocycles. The second-order valence-corrected chi connectivity index (χ2v) is 8.99. The molecule has 0 radical (unpaired) electrons. The maximum Gasteiger partial charge on any atom is 0.573 e. The van der Waals surface area contributed by atoms with Gasteiger partial charge in [0.15, 0.2) is 0 Å². The number of alkyl halides is 6. The molecule has 39 heavy (non-hydrogen) atoms. The molecule has 0 spiro atoms. The summed E-state index contributed by atoms with van der Waals surface area (Å²) in [6, 6.07) is 15.8. The quantitative estimate of drug-likeness (QED) is 0.321. The minimum absolute atomic E-state index is 0.0156. The Labute approximate surface area is 223 Å². The summed E-state index contributed by atoms with van der Waals surface area (Å²) in [6.07, 6.45) is -9.53. The van der Waals surface area contributed by atoms with E-state index in [2.05, 4.69) is 15.2 Å². The van der Waals surface area contributed by atoms with Gasteiger partial charge in [0.1, 0.15) is 5.75 Å². The monoisotopic (exact) mass is 571 g/mol. The third kappa shape index (κ3) is 6.28. The largest absolute Gasteiger partial charge is 0.573 e. The first kappa shape index (κ1) is 28.2. The highest BCUT2D eigenvalue weighted by molar-refractivity contribution is 6.32. The lowest BCUT2D eigenvalue weighted by Gasteiger charge is -2.31. The molecular formula is C26H20ClF6N3O3. The molecule has 3 aromatic rings. The molecule has 0 bridgehead atoms. The van der Waals surface area contributed by atoms with Gasteiger partial charge in [-0.2, -0.15) is 18.3 Å². The highest BCUT2D eigenvalue weighted by Gasteiger charge is 2.47. The van der Waals surface area contributed by atoms with Gasteiger partial charge in [0.25, 0.3) is 0 Å². The topological polar surface area (TPSA) is 63.2 Å². The van der Waals surface area contributed by atoms with Crippen LogP contribution in [0.3, 0.4) is 0 Å². The van der Waals surface area contributed by atoms with Gasteiger partial charge in [-0.25, -0.2) is 9.80 Å². The van der Waals surface area contributed by atoms with E-state index in [1.807, 2.05) is 0 Å². The van der Waals surface area contributed by atoms with Crippen molar-refractivity contribution in [2.75, 3.05) is 25.6 Å². The van der Waals surface area contributed by atoms with Crippen molar-refractivity contribution in [2.45, 2.75) is 18.0 Å². The summed E-state index contributed by atoms with van der Waals surface area (Å²) in [5.74, 6) is -0.468. The Morgan fingerprint density at radius 3 is 2.26 bits per heavy atom. The third-order valence-electron chi connectivity index (χ3n) is 5.93. The number of hydrogen-bond acceptors (Lipinski definition) is 4. The molecule has 0 fully saturated rings. The van der Waals surface area contributed by atoms with E-state index in [9.17, 15) is 31.1 Å². The molecule has 1 atom stereocenters. The first-order valence-corrected chi connectivity index (χ1v) is 11.7. The van der Waals surface area contributed by atoms with Crippen LogP contribution < -0.4 is 10.1 Å². The zero-order valence-corrected chi connectivity index (χ0v) is 20.9. The van der Waals surface area contributed by atoms with E-state index in [0.717, 1.165) is 29.3 Å². The van der Waals surface area contributed by atoms with Gasteiger partial charge in [-0.3, -0.25) is 0 Å². The number of urea groups is 1. The van der Waals surface area contributed by atoms with E-state index >= 15 is 0 Å². The summed E-state index contributed by atoms with van der Waals surface area (Å²) in [6.45, 7) is -0.0400. The zero-order chi connectivity index (χ0) is 28.4. The van der Waals surface area contributed by atoms with Crippen LogP contribution in [0.1, 0.15) is 16.7 Å².